The van der Waals surface area contributed by atoms with E-state index in [1.807, 2.05) is 0 Å². The number of benzene rings is 2. The lowest BCUT2D eigenvalue weighted by Gasteiger charge is -2.13. The van der Waals surface area contributed by atoms with Gasteiger partial charge in [0.05, 0.1) is 16.6 Å². The maximum absolute atomic E-state index is 13.1. The molecule has 0 fully saturated rings. The minimum atomic E-state index is -0.875. The molecule has 0 radical (unpaired) electrons. The molecule has 0 aromatic heterocycles. The number of halogens is 3. The van der Waals surface area contributed by atoms with Crippen molar-refractivity contribution < 1.29 is 14.2 Å². The van der Waals surface area contributed by atoms with E-state index in [0.717, 1.165) is 4.47 Å². The second-order valence-corrected chi connectivity index (χ2v) is 5.23. The molecule has 0 saturated carbocycles. The van der Waals surface area contributed by atoms with Gasteiger partial charge in [0, 0.05) is 0 Å². The van der Waals surface area contributed by atoms with Crippen LogP contribution in [0.5, 0.6) is 5.75 Å². The number of rotatable bonds is 3. The van der Waals surface area contributed by atoms with E-state index in [9.17, 15) is 9.50 Å². The topological polar surface area (TPSA) is 29.5 Å². The van der Waals surface area contributed by atoms with Crippen LogP contribution in [0, 0.1) is 5.82 Å². The number of aliphatic hydroxyl groups excluding tert-OH is 1. The summed E-state index contributed by atoms with van der Waals surface area (Å²) in [6.07, 6.45) is -0.875. The lowest BCUT2D eigenvalue weighted by Crippen LogP contribution is -2.00. The zero-order valence-electron chi connectivity index (χ0n) is 10.0. The number of hydrogen-bond donors (Lipinski definition) is 1. The fourth-order valence-electron chi connectivity index (χ4n) is 1.73. The summed E-state index contributed by atoms with van der Waals surface area (Å²) in [4.78, 5) is 0. The Balaban J connectivity index is 2.35. The molecule has 0 bridgehead atoms. The average molecular weight is 346 g/mol. The van der Waals surface area contributed by atoms with Crippen LogP contribution in [-0.2, 0) is 0 Å². The highest BCUT2D eigenvalue weighted by Gasteiger charge is 2.14. The molecule has 0 aliphatic heterocycles. The van der Waals surface area contributed by atoms with Crippen LogP contribution >= 0.6 is 27.5 Å². The number of ether oxygens (including phenoxy) is 1. The molecule has 19 heavy (non-hydrogen) atoms. The monoisotopic (exact) mass is 344 g/mol. The van der Waals surface area contributed by atoms with Gasteiger partial charge in [-0.05, 0) is 51.3 Å². The van der Waals surface area contributed by atoms with Gasteiger partial charge < -0.3 is 9.84 Å². The molecule has 2 aromatic rings. The van der Waals surface area contributed by atoms with Crippen molar-refractivity contribution in [3.63, 3.8) is 0 Å². The van der Waals surface area contributed by atoms with Crippen molar-refractivity contribution in [1.29, 1.82) is 0 Å². The van der Waals surface area contributed by atoms with Gasteiger partial charge in [-0.25, -0.2) is 4.39 Å². The largest absolute Gasteiger partial charge is 0.496 e. The lowest BCUT2D eigenvalue weighted by atomic mass is 10.0. The molecule has 0 aliphatic carbocycles. The Kier molecular flexibility index (Phi) is 4.45. The molecule has 0 spiro atoms. The average Bonchev–Trinajstić information content (AvgIpc) is 2.41. The first-order valence-corrected chi connectivity index (χ1v) is 6.66. The Hall–Kier alpha value is -1.10. The van der Waals surface area contributed by atoms with E-state index >= 15 is 0 Å². The molecule has 0 heterocycles. The van der Waals surface area contributed by atoms with Crippen molar-refractivity contribution in [2.24, 2.45) is 0 Å². The van der Waals surface area contributed by atoms with Crippen LogP contribution < -0.4 is 4.74 Å². The SMILES string of the molecule is COc1ccc(C(O)c2ccc(F)c(Cl)c2)cc1Br. The second-order valence-electron chi connectivity index (χ2n) is 3.97. The molecule has 1 unspecified atom stereocenters. The Bertz CT molecular complexity index is 604. The number of methoxy groups -OCH3 is 1. The van der Waals surface area contributed by atoms with Crippen LogP contribution in [0.15, 0.2) is 40.9 Å². The van der Waals surface area contributed by atoms with Gasteiger partial charge in [-0.15, -0.1) is 0 Å². The fraction of sp³-hybridized carbons (Fsp3) is 0.143. The molecular formula is C14H11BrClFO2. The summed E-state index contributed by atoms with van der Waals surface area (Å²) in [5, 5.41) is 10.2. The zero-order valence-corrected chi connectivity index (χ0v) is 12.4. The molecule has 2 aromatic carbocycles. The third kappa shape index (κ3) is 3.08. The molecule has 1 N–H and O–H groups in total. The maximum Gasteiger partial charge on any atom is 0.141 e. The summed E-state index contributed by atoms with van der Waals surface area (Å²) < 4.78 is 18.9. The van der Waals surface area contributed by atoms with Gasteiger partial charge in [-0.1, -0.05) is 23.7 Å². The summed E-state index contributed by atoms with van der Waals surface area (Å²) in [6.45, 7) is 0. The summed E-state index contributed by atoms with van der Waals surface area (Å²) >= 11 is 9.06. The first kappa shape index (κ1) is 14.3. The molecule has 100 valence electrons. The van der Waals surface area contributed by atoms with Crippen LogP contribution in [0.25, 0.3) is 0 Å². The van der Waals surface area contributed by atoms with E-state index in [0.29, 0.717) is 16.9 Å². The van der Waals surface area contributed by atoms with Crippen molar-refractivity contribution in [1.82, 2.24) is 0 Å². The summed E-state index contributed by atoms with van der Waals surface area (Å²) in [7, 11) is 1.57. The highest BCUT2D eigenvalue weighted by Crippen LogP contribution is 2.31. The van der Waals surface area contributed by atoms with Crippen molar-refractivity contribution in [2.75, 3.05) is 7.11 Å². The minimum absolute atomic E-state index is 0.0101. The third-order valence-corrected chi connectivity index (χ3v) is 3.66. The lowest BCUT2D eigenvalue weighted by molar-refractivity contribution is 0.220. The normalized spacial score (nSPS) is 12.3. The van der Waals surface area contributed by atoms with Gasteiger partial charge >= 0.3 is 0 Å². The minimum Gasteiger partial charge on any atom is -0.496 e. The van der Waals surface area contributed by atoms with Crippen LogP contribution in [0.4, 0.5) is 4.39 Å². The van der Waals surface area contributed by atoms with E-state index in [-0.39, 0.29) is 5.02 Å². The fourth-order valence-corrected chi connectivity index (χ4v) is 2.47. The van der Waals surface area contributed by atoms with Crippen LogP contribution in [0.3, 0.4) is 0 Å². The standard InChI is InChI=1S/C14H11BrClFO2/c1-19-13-5-3-8(6-10(13)15)14(18)9-2-4-12(17)11(16)7-9/h2-7,14,18H,1H3. The Morgan fingerprint density at radius 2 is 1.84 bits per heavy atom. The maximum atomic E-state index is 13.1. The van der Waals surface area contributed by atoms with Crippen molar-refractivity contribution in [3.05, 3.63) is 62.8 Å². The highest BCUT2D eigenvalue weighted by atomic mass is 79.9. The third-order valence-electron chi connectivity index (χ3n) is 2.75. The summed E-state index contributed by atoms with van der Waals surface area (Å²) in [5.41, 5.74) is 1.19. The first-order valence-electron chi connectivity index (χ1n) is 5.49. The molecule has 0 amide bonds. The Morgan fingerprint density at radius 3 is 2.42 bits per heavy atom. The van der Waals surface area contributed by atoms with Gasteiger partial charge in [0.15, 0.2) is 0 Å². The highest BCUT2D eigenvalue weighted by molar-refractivity contribution is 9.10. The predicted octanol–water partition coefficient (Wildman–Crippen LogP) is 4.33. The van der Waals surface area contributed by atoms with E-state index < -0.39 is 11.9 Å². The molecule has 1 atom stereocenters. The Labute approximate surface area is 123 Å². The van der Waals surface area contributed by atoms with E-state index in [2.05, 4.69) is 15.9 Å². The van der Waals surface area contributed by atoms with Crippen LogP contribution in [-0.4, -0.2) is 12.2 Å². The first-order chi connectivity index (χ1) is 9.02. The van der Waals surface area contributed by atoms with E-state index in [1.165, 1.54) is 18.2 Å². The molecule has 5 heteroatoms. The van der Waals surface area contributed by atoms with Crippen LogP contribution in [0.2, 0.25) is 5.02 Å². The predicted molar refractivity (Wildman–Crippen MR) is 76.2 cm³/mol. The van der Waals surface area contributed by atoms with Crippen molar-refractivity contribution in [3.8, 4) is 5.75 Å². The van der Waals surface area contributed by atoms with Gasteiger partial charge in [0.25, 0.3) is 0 Å². The van der Waals surface area contributed by atoms with Gasteiger partial charge in [0.2, 0.25) is 0 Å². The van der Waals surface area contributed by atoms with Crippen molar-refractivity contribution >= 4 is 27.5 Å². The number of aliphatic hydroxyl groups is 1. The zero-order chi connectivity index (χ0) is 14.0. The molecule has 0 saturated heterocycles. The summed E-state index contributed by atoms with van der Waals surface area (Å²) in [5.74, 6) is 0.168. The Morgan fingerprint density at radius 1 is 1.21 bits per heavy atom. The second kappa shape index (κ2) is 5.90. The van der Waals surface area contributed by atoms with E-state index in [1.54, 1.807) is 25.3 Å². The summed E-state index contributed by atoms with van der Waals surface area (Å²) in [6, 6.07) is 9.39. The van der Waals surface area contributed by atoms with Gasteiger partial charge in [0.1, 0.15) is 17.7 Å². The molecular weight excluding hydrogens is 335 g/mol. The molecule has 2 rings (SSSR count). The molecule has 0 aliphatic rings. The quantitative estimate of drug-likeness (QED) is 0.897. The van der Waals surface area contributed by atoms with Gasteiger partial charge in [-0.2, -0.15) is 0 Å². The smallest absolute Gasteiger partial charge is 0.141 e. The molecule has 2 nitrogen and oxygen atoms in total. The van der Waals surface area contributed by atoms with Crippen molar-refractivity contribution in [2.45, 2.75) is 6.10 Å². The van der Waals surface area contributed by atoms with E-state index in [4.69, 9.17) is 16.3 Å². The van der Waals surface area contributed by atoms with Gasteiger partial charge in [-0.3, -0.25) is 0 Å². The number of hydrogen-bond acceptors (Lipinski definition) is 2. The van der Waals surface area contributed by atoms with Crippen LogP contribution in [0.1, 0.15) is 17.2 Å².